The summed E-state index contributed by atoms with van der Waals surface area (Å²) in [5.74, 6) is -0.302. The Hall–Kier alpha value is -1.96. The van der Waals surface area contributed by atoms with E-state index in [1.165, 1.54) is 38.5 Å². The lowest BCUT2D eigenvalue weighted by molar-refractivity contribution is -0.156. The topological polar surface area (TPSA) is 97.6 Å². The van der Waals surface area contributed by atoms with Crippen LogP contribution in [0.25, 0.3) is 0 Å². The van der Waals surface area contributed by atoms with E-state index in [0.29, 0.717) is 6.42 Å². The van der Waals surface area contributed by atoms with Gasteiger partial charge in [0.1, 0.15) is 37.2 Å². The van der Waals surface area contributed by atoms with Crippen molar-refractivity contribution in [3.8, 4) is 0 Å². The van der Waals surface area contributed by atoms with E-state index >= 15 is 0 Å². The van der Waals surface area contributed by atoms with Crippen molar-refractivity contribution < 1.29 is 29.3 Å². The second-order valence-electron chi connectivity index (χ2n) is 8.39. The van der Waals surface area contributed by atoms with Crippen LogP contribution < -0.4 is 0 Å². The Morgan fingerprint density at radius 1 is 1.03 bits per heavy atom. The predicted molar refractivity (Wildman–Crippen MR) is 123 cm³/mol. The fourth-order valence-corrected chi connectivity index (χ4v) is 3.60. The number of aliphatic hydroxyl groups excluding tert-OH is 2. The highest BCUT2D eigenvalue weighted by Gasteiger charge is 2.37. The van der Waals surface area contributed by atoms with Crippen molar-refractivity contribution in [1.29, 1.82) is 0 Å². The molecule has 2 rings (SSSR count). The van der Waals surface area contributed by atoms with Crippen molar-refractivity contribution in [2.24, 2.45) is 5.16 Å². The quantitative estimate of drug-likeness (QED) is 0.237. The highest BCUT2D eigenvalue weighted by molar-refractivity contribution is 5.90. The van der Waals surface area contributed by atoms with Crippen molar-refractivity contribution in [2.75, 3.05) is 13.2 Å². The normalized spacial score (nSPS) is 22.1. The van der Waals surface area contributed by atoms with Gasteiger partial charge < -0.3 is 24.5 Å². The Bertz CT molecular complexity index is 666. The molecule has 1 aliphatic rings. The number of esters is 1. The molecule has 3 atom stereocenters. The summed E-state index contributed by atoms with van der Waals surface area (Å²) in [4.78, 5) is 17.2. The first-order valence-corrected chi connectivity index (χ1v) is 12.0. The Labute approximate surface area is 191 Å². The van der Waals surface area contributed by atoms with E-state index in [4.69, 9.17) is 14.3 Å². The minimum Gasteiger partial charge on any atom is -0.463 e. The number of carbonyl (C=O) groups is 1. The molecule has 1 aromatic carbocycles. The number of hydrogen-bond acceptors (Lipinski definition) is 7. The largest absolute Gasteiger partial charge is 0.463 e. The van der Waals surface area contributed by atoms with Crippen molar-refractivity contribution >= 4 is 11.7 Å². The fraction of sp³-hybridized carbons (Fsp3) is 0.680. The third-order valence-electron chi connectivity index (χ3n) is 5.64. The van der Waals surface area contributed by atoms with E-state index < -0.39 is 18.3 Å². The summed E-state index contributed by atoms with van der Waals surface area (Å²) in [7, 11) is 0. The summed E-state index contributed by atoms with van der Waals surface area (Å²) in [5.41, 5.74) is 1.16. The maximum absolute atomic E-state index is 12.0. The minimum atomic E-state index is -1.23. The van der Waals surface area contributed by atoms with Gasteiger partial charge in [0.15, 0.2) is 0 Å². The zero-order valence-electron chi connectivity index (χ0n) is 19.3. The SMILES string of the molecule is CCCCCCCCCCCC(=O)OC[C@H]1OC/C(=N\OCc2ccccc2)[C@@H](O)[C@@H]1O. The molecule has 0 spiro atoms. The summed E-state index contributed by atoms with van der Waals surface area (Å²) in [6.45, 7) is 2.39. The molecule has 0 aliphatic carbocycles. The number of aliphatic hydroxyl groups is 2. The standard InChI is InChI=1S/C25H39NO6/c1-2-3-4-5-6-7-8-9-13-16-23(27)31-19-22-25(29)24(28)21(18-30-22)26-32-17-20-14-11-10-12-15-20/h10-12,14-15,22,24-25,28-29H,2-9,13,16-19H2,1H3/b26-21+/t22-,24-,25-/m1/s1. The molecule has 0 unspecified atom stereocenters. The number of hydrogen-bond donors (Lipinski definition) is 2. The molecule has 1 aliphatic heterocycles. The summed E-state index contributed by atoms with van der Waals surface area (Å²) >= 11 is 0. The zero-order valence-corrected chi connectivity index (χ0v) is 19.3. The lowest BCUT2D eigenvalue weighted by Crippen LogP contribution is -2.52. The van der Waals surface area contributed by atoms with Gasteiger partial charge in [-0.15, -0.1) is 0 Å². The van der Waals surface area contributed by atoms with Gasteiger partial charge in [0.25, 0.3) is 0 Å². The van der Waals surface area contributed by atoms with Gasteiger partial charge in [-0.3, -0.25) is 4.79 Å². The van der Waals surface area contributed by atoms with Crippen LogP contribution in [0.1, 0.15) is 76.7 Å². The first-order valence-electron chi connectivity index (χ1n) is 12.0. The lowest BCUT2D eigenvalue weighted by Gasteiger charge is -2.32. The lowest BCUT2D eigenvalue weighted by atomic mass is 10.0. The molecule has 180 valence electrons. The molecule has 1 aromatic rings. The van der Waals surface area contributed by atoms with Gasteiger partial charge in [-0.25, -0.2) is 0 Å². The molecular weight excluding hydrogens is 410 g/mol. The van der Waals surface area contributed by atoms with Gasteiger partial charge in [0.05, 0.1) is 6.61 Å². The molecule has 0 radical (unpaired) electrons. The second kappa shape index (κ2) is 15.8. The third-order valence-corrected chi connectivity index (χ3v) is 5.64. The second-order valence-corrected chi connectivity index (χ2v) is 8.39. The molecule has 1 fully saturated rings. The predicted octanol–water partition coefficient (Wildman–Crippen LogP) is 4.14. The Balaban J connectivity index is 1.57. The number of unbranched alkanes of at least 4 members (excludes halogenated alkanes) is 8. The summed E-state index contributed by atoms with van der Waals surface area (Å²) in [5, 5.41) is 24.5. The summed E-state index contributed by atoms with van der Waals surface area (Å²) in [6.07, 6.45) is 7.79. The van der Waals surface area contributed by atoms with Crippen LogP contribution in [-0.4, -0.2) is 53.4 Å². The molecule has 0 saturated carbocycles. The monoisotopic (exact) mass is 449 g/mol. The Kier molecular flexibility index (Phi) is 13.0. The van der Waals surface area contributed by atoms with Crippen LogP contribution in [-0.2, 0) is 25.7 Å². The van der Waals surface area contributed by atoms with Crippen LogP contribution in [0.4, 0.5) is 0 Å². The van der Waals surface area contributed by atoms with Gasteiger partial charge in [-0.1, -0.05) is 93.8 Å². The number of nitrogens with zero attached hydrogens (tertiary/aromatic N) is 1. The number of carbonyl (C=O) groups excluding carboxylic acids is 1. The average molecular weight is 450 g/mol. The number of ether oxygens (including phenoxy) is 2. The molecule has 1 heterocycles. The van der Waals surface area contributed by atoms with E-state index in [2.05, 4.69) is 12.1 Å². The first-order chi connectivity index (χ1) is 15.6. The van der Waals surface area contributed by atoms with Crippen LogP contribution >= 0.6 is 0 Å². The fourth-order valence-electron chi connectivity index (χ4n) is 3.60. The highest BCUT2D eigenvalue weighted by Crippen LogP contribution is 2.16. The van der Waals surface area contributed by atoms with Crippen LogP contribution in [0.15, 0.2) is 35.5 Å². The maximum Gasteiger partial charge on any atom is 0.305 e. The van der Waals surface area contributed by atoms with Crippen molar-refractivity contribution in [1.82, 2.24) is 0 Å². The van der Waals surface area contributed by atoms with Gasteiger partial charge in [0.2, 0.25) is 0 Å². The third kappa shape index (κ3) is 10.1. The van der Waals surface area contributed by atoms with Crippen LogP contribution in [0.3, 0.4) is 0 Å². The molecule has 0 aromatic heterocycles. The molecule has 1 saturated heterocycles. The average Bonchev–Trinajstić information content (AvgIpc) is 2.81. The number of rotatable bonds is 15. The van der Waals surface area contributed by atoms with E-state index in [0.717, 1.165) is 24.8 Å². The van der Waals surface area contributed by atoms with Crippen LogP contribution in [0.5, 0.6) is 0 Å². The summed E-state index contributed by atoms with van der Waals surface area (Å²) in [6, 6.07) is 9.52. The highest BCUT2D eigenvalue weighted by atomic mass is 16.6. The maximum atomic E-state index is 12.0. The van der Waals surface area contributed by atoms with Crippen molar-refractivity contribution in [3.05, 3.63) is 35.9 Å². The van der Waals surface area contributed by atoms with Crippen molar-refractivity contribution in [2.45, 2.75) is 96.1 Å². The molecule has 2 N–H and O–H groups in total. The number of oxime groups is 1. The minimum absolute atomic E-state index is 0.00743. The van der Waals surface area contributed by atoms with Gasteiger partial charge in [-0.05, 0) is 12.0 Å². The molecular formula is C25H39NO6. The van der Waals surface area contributed by atoms with E-state index in [1.54, 1.807) is 0 Å². The Morgan fingerprint density at radius 2 is 1.69 bits per heavy atom. The van der Waals surface area contributed by atoms with Gasteiger partial charge >= 0.3 is 5.97 Å². The Morgan fingerprint density at radius 3 is 2.38 bits per heavy atom. The molecule has 0 bridgehead atoms. The number of benzene rings is 1. The molecule has 32 heavy (non-hydrogen) atoms. The van der Waals surface area contributed by atoms with E-state index in [-0.39, 0.29) is 31.5 Å². The molecule has 0 amide bonds. The zero-order chi connectivity index (χ0) is 23.0. The van der Waals surface area contributed by atoms with Crippen LogP contribution in [0, 0.1) is 0 Å². The summed E-state index contributed by atoms with van der Waals surface area (Å²) < 4.78 is 10.8. The van der Waals surface area contributed by atoms with Crippen molar-refractivity contribution in [3.63, 3.8) is 0 Å². The van der Waals surface area contributed by atoms with Gasteiger partial charge in [0, 0.05) is 6.42 Å². The smallest absolute Gasteiger partial charge is 0.305 e. The van der Waals surface area contributed by atoms with E-state index in [9.17, 15) is 15.0 Å². The first kappa shape index (κ1) is 26.3. The van der Waals surface area contributed by atoms with E-state index in [1.807, 2.05) is 30.3 Å². The molecule has 7 heteroatoms. The van der Waals surface area contributed by atoms with Gasteiger partial charge in [-0.2, -0.15) is 0 Å². The molecule has 7 nitrogen and oxygen atoms in total. The van der Waals surface area contributed by atoms with Crippen LogP contribution in [0.2, 0.25) is 0 Å².